The molecule has 2 fully saturated rings. The quantitative estimate of drug-likeness (QED) is 0.844. The highest BCUT2D eigenvalue weighted by Gasteiger charge is 2.40. The predicted octanol–water partition coefficient (Wildman–Crippen LogP) is 3.69. The van der Waals surface area contributed by atoms with Crippen molar-refractivity contribution >= 4 is 5.71 Å². The van der Waals surface area contributed by atoms with E-state index in [2.05, 4.69) is 5.16 Å². The lowest BCUT2D eigenvalue weighted by atomic mass is 9.92. The monoisotopic (exact) mass is 331 g/mol. The number of rotatable bonds is 4. The maximum Gasteiger partial charge on any atom is 0.163 e. The average molecular weight is 331 g/mol. The Hall–Kier alpha value is -1.75. The van der Waals surface area contributed by atoms with Gasteiger partial charge in [-0.2, -0.15) is 0 Å². The molecule has 1 saturated carbocycles. The van der Waals surface area contributed by atoms with Crippen LogP contribution in [0.5, 0.6) is 11.5 Å². The fourth-order valence-corrected chi connectivity index (χ4v) is 3.78. The van der Waals surface area contributed by atoms with Crippen LogP contribution in [-0.4, -0.2) is 37.7 Å². The molecule has 1 spiro atoms. The Morgan fingerprint density at radius 1 is 1.17 bits per heavy atom. The van der Waals surface area contributed by atoms with Gasteiger partial charge in [-0.3, -0.25) is 0 Å². The van der Waals surface area contributed by atoms with Crippen molar-refractivity contribution in [2.45, 2.75) is 56.7 Å². The number of benzene rings is 1. The SMILES string of the molecule is COc1ccc(C2=NOC3(CCOC3)CC2)cc1OC1CCCC1. The highest BCUT2D eigenvalue weighted by atomic mass is 16.7. The Morgan fingerprint density at radius 3 is 2.71 bits per heavy atom. The summed E-state index contributed by atoms with van der Waals surface area (Å²) in [7, 11) is 1.68. The summed E-state index contributed by atoms with van der Waals surface area (Å²) >= 11 is 0. The van der Waals surface area contributed by atoms with Crippen LogP contribution in [-0.2, 0) is 9.57 Å². The maximum atomic E-state index is 6.18. The first kappa shape index (κ1) is 15.8. The van der Waals surface area contributed by atoms with Crippen LogP contribution in [0.3, 0.4) is 0 Å². The molecule has 1 atom stereocenters. The van der Waals surface area contributed by atoms with Gasteiger partial charge in [0.15, 0.2) is 17.1 Å². The molecule has 3 aliphatic rings. The van der Waals surface area contributed by atoms with Crippen molar-refractivity contribution in [3.63, 3.8) is 0 Å². The number of oxime groups is 1. The number of ether oxygens (including phenoxy) is 3. The second-order valence-electron chi connectivity index (χ2n) is 7.00. The molecule has 2 heterocycles. The Balaban J connectivity index is 1.53. The third kappa shape index (κ3) is 3.09. The molecule has 5 nitrogen and oxygen atoms in total. The van der Waals surface area contributed by atoms with Crippen molar-refractivity contribution in [3.8, 4) is 11.5 Å². The van der Waals surface area contributed by atoms with Gasteiger partial charge in [0.1, 0.15) is 0 Å². The first-order valence-electron chi connectivity index (χ1n) is 8.96. The smallest absolute Gasteiger partial charge is 0.163 e. The van der Waals surface area contributed by atoms with Crippen molar-refractivity contribution in [1.29, 1.82) is 0 Å². The molecular weight excluding hydrogens is 306 g/mol. The second-order valence-corrected chi connectivity index (χ2v) is 7.00. The molecule has 0 aromatic heterocycles. The Kier molecular flexibility index (Phi) is 4.35. The summed E-state index contributed by atoms with van der Waals surface area (Å²) in [4.78, 5) is 5.81. The molecule has 0 bridgehead atoms. The summed E-state index contributed by atoms with van der Waals surface area (Å²) in [5.41, 5.74) is 1.84. The number of hydrogen-bond donors (Lipinski definition) is 0. The molecule has 1 unspecified atom stereocenters. The molecule has 2 aliphatic heterocycles. The molecule has 1 aromatic rings. The average Bonchev–Trinajstić information content (AvgIpc) is 3.28. The van der Waals surface area contributed by atoms with E-state index in [1.807, 2.05) is 18.2 Å². The summed E-state index contributed by atoms with van der Waals surface area (Å²) < 4.78 is 17.1. The zero-order valence-corrected chi connectivity index (χ0v) is 14.3. The van der Waals surface area contributed by atoms with Crippen LogP contribution in [0.25, 0.3) is 0 Å². The highest BCUT2D eigenvalue weighted by Crippen LogP contribution is 2.36. The molecular formula is C19H25NO4. The largest absolute Gasteiger partial charge is 0.493 e. The van der Waals surface area contributed by atoms with Crippen molar-refractivity contribution in [1.82, 2.24) is 0 Å². The molecule has 4 rings (SSSR count). The van der Waals surface area contributed by atoms with Crippen LogP contribution in [0.15, 0.2) is 23.4 Å². The molecule has 1 aromatic carbocycles. The van der Waals surface area contributed by atoms with Crippen molar-refractivity contribution < 1.29 is 19.0 Å². The van der Waals surface area contributed by atoms with Gasteiger partial charge in [-0.25, -0.2) is 0 Å². The van der Waals surface area contributed by atoms with Gasteiger partial charge >= 0.3 is 0 Å². The lowest BCUT2D eigenvalue weighted by Crippen LogP contribution is -2.35. The number of methoxy groups -OCH3 is 1. The third-order valence-electron chi connectivity index (χ3n) is 5.33. The van der Waals surface area contributed by atoms with Crippen LogP contribution in [0.4, 0.5) is 0 Å². The first-order chi connectivity index (χ1) is 11.8. The molecule has 1 saturated heterocycles. The van der Waals surface area contributed by atoms with Gasteiger partial charge in [0.2, 0.25) is 0 Å². The summed E-state index contributed by atoms with van der Waals surface area (Å²) in [5, 5.41) is 4.40. The minimum absolute atomic E-state index is 0.195. The molecule has 0 amide bonds. The fourth-order valence-electron chi connectivity index (χ4n) is 3.78. The van der Waals surface area contributed by atoms with Gasteiger partial charge in [0.05, 0.1) is 32.1 Å². The van der Waals surface area contributed by atoms with E-state index < -0.39 is 0 Å². The molecule has 5 heteroatoms. The van der Waals surface area contributed by atoms with E-state index in [-0.39, 0.29) is 5.60 Å². The van der Waals surface area contributed by atoms with Crippen LogP contribution in [0.1, 0.15) is 50.5 Å². The van der Waals surface area contributed by atoms with E-state index in [0.29, 0.717) is 12.7 Å². The van der Waals surface area contributed by atoms with Gasteiger partial charge in [0.25, 0.3) is 0 Å². The maximum absolute atomic E-state index is 6.18. The van der Waals surface area contributed by atoms with Crippen LogP contribution in [0, 0.1) is 0 Å². The summed E-state index contributed by atoms with van der Waals surface area (Å²) in [6, 6.07) is 6.04. The van der Waals surface area contributed by atoms with Crippen molar-refractivity contribution in [2.75, 3.05) is 20.3 Å². The predicted molar refractivity (Wildman–Crippen MR) is 90.9 cm³/mol. The molecule has 1 aliphatic carbocycles. The molecule has 24 heavy (non-hydrogen) atoms. The summed E-state index contributed by atoms with van der Waals surface area (Å²) in [6.45, 7) is 1.43. The minimum Gasteiger partial charge on any atom is -0.493 e. The third-order valence-corrected chi connectivity index (χ3v) is 5.33. The normalized spacial score (nSPS) is 27.1. The lowest BCUT2D eigenvalue weighted by Gasteiger charge is -2.29. The molecule has 0 radical (unpaired) electrons. The standard InChI is InChI=1S/C19H25NO4/c1-21-17-7-6-14(12-18(17)23-15-4-2-3-5-15)16-8-9-19(24-20-16)10-11-22-13-19/h6-7,12,15H,2-5,8-11,13H2,1H3. The zero-order valence-electron chi connectivity index (χ0n) is 14.3. The summed E-state index contributed by atoms with van der Waals surface area (Å²) in [6.07, 6.45) is 7.84. The zero-order chi connectivity index (χ0) is 16.4. The topological polar surface area (TPSA) is 49.3 Å². The van der Waals surface area contributed by atoms with E-state index in [9.17, 15) is 0 Å². The van der Waals surface area contributed by atoms with Gasteiger partial charge in [-0.05, 0) is 56.7 Å². The van der Waals surface area contributed by atoms with Crippen molar-refractivity contribution in [3.05, 3.63) is 23.8 Å². The van der Waals surface area contributed by atoms with E-state index in [0.717, 1.165) is 61.5 Å². The van der Waals surface area contributed by atoms with E-state index in [4.69, 9.17) is 19.0 Å². The lowest BCUT2D eigenvalue weighted by molar-refractivity contribution is -0.0597. The highest BCUT2D eigenvalue weighted by molar-refractivity contribution is 6.01. The Bertz CT molecular complexity index is 616. The van der Waals surface area contributed by atoms with Gasteiger partial charge in [-0.1, -0.05) is 5.16 Å². The van der Waals surface area contributed by atoms with Crippen LogP contribution < -0.4 is 9.47 Å². The van der Waals surface area contributed by atoms with Gasteiger partial charge in [0, 0.05) is 12.0 Å². The van der Waals surface area contributed by atoms with Gasteiger partial charge < -0.3 is 19.0 Å². The second kappa shape index (κ2) is 6.63. The number of nitrogens with zero attached hydrogens (tertiary/aromatic N) is 1. The molecule has 130 valence electrons. The van der Waals surface area contributed by atoms with Crippen LogP contribution in [0.2, 0.25) is 0 Å². The number of hydrogen-bond acceptors (Lipinski definition) is 5. The van der Waals surface area contributed by atoms with E-state index in [1.54, 1.807) is 7.11 Å². The van der Waals surface area contributed by atoms with Crippen LogP contribution >= 0.6 is 0 Å². The minimum atomic E-state index is -0.195. The first-order valence-corrected chi connectivity index (χ1v) is 8.96. The van der Waals surface area contributed by atoms with Crippen molar-refractivity contribution in [2.24, 2.45) is 5.16 Å². The van der Waals surface area contributed by atoms with E-state index in [1.165, 1.54) is 12.8 Å². The van der Waals surface area contributed by atoms with Gasteiger partial charge in [-0.15, -0.1) is 0 Å². The molecule has 0 N–H and O–H groups in total. The van der Waals surface area contributed by atoms with E-state index >= 15 is 0 Å². The summed E-state index contributed by atoms with van der Waals surface area (Å²) in [5.74, 6) is 1.60. The Labute approximate surface area is 142 Å². The fraction of sp³-hybridized carbons (Fsp3) is 0.632. The Morgan fingerprint density at radius 2 is 2.04 bits per heavy atom.